The van der Waals surface area contributed by atoms with Crippen LogP contribution in [-0.4, -0.2) is 38.1 Å². The Kier molecular flexibility index (Phi) is 9.00. The summed E-state index contributed by atoms with van der Waals surface area (Å²) in [7, 11) is -6.07. The van der Waals surface area contributed by atoms with Crippen LogP contribution in [0.1, 0.15) is 33.4 Å². The highest BCUT2D eigenvalue weighted by Gasteiger charge is 2.37. The molecule has 0 aliphatic rings. The Morgan fingerprint density at radius 2 is 0.879 bits per heavy atom. The second kappa shape index (κ2) is 11.5. The van der Waals surface area contributed by atoms with Gasteiger partial charge in [0.2, 0.25) is 0 Å². The topological polar surface area (TPSA) is 27.7 Å². The van der Waals surface area contributed by atoms with Crippen LogP contribution in [0.2, 0.25) is 0 Å². The lowest BCUT2D eigenvalue weighted by Crippen LogP contribution is -2.52. The summed E-state index contributed by atoms with van der Waals surface area (Å²) in [5.41, 5.74) is 9.70. The van der Waals surface area contributed by atoms with Crippen molar-refractivity contribution in [3.05, 3.63) is 100 Å². The van der Waals surface area contributed by atoms with E-state index in [4.69, 9.17) is 12.3 Å². The number of rotatable bonds is 10. The molecule has 0 atom stereocenters. The molecule has 0 spiro atoms. The Balaban J connectivity index is 1.85. The van der Waals surface area contributed by atoms with Crippen LogP contribution in [0.15, 0.2) is 66.9 Å². The van der Waals surface area contributed by atoms with Gasteiger partial charge in [-0.05, 0) is 96.2 Å². The third-order valence-corrected chi connectivity index (χ3v) is 17.0. The molecule has 0 aliphatic heterocycles. The zero-order chi connectivity index (χ0) is 24.0. The SMILES string of the molecule is C=C[Si](O[SiH2]c1cccc(C)c1C)(O[SiH2]c1cccc(C)c1C)O[SiH2]c1cccc(C)c1C. The van der Waals surface area contributed by atoms with Crippen molar-refractivity contribution in [2.75, 3.05) is 0 Å². The summed E-state index contributed by atoms with van der Waals surface area (Å²) in [5, 5.41) is 3.92. The van der Waals surface area contributed by atoms with E-state index in [1.165, 1.54) is 48.9 Å². The first-order valence-corrected chi connectivity index (χ1v) is 17.1. The molecule has 3 rings (SSSR count). The van der Waals surface area contributed by atoms with Crippen LogP contribution in [0.5, 0.6) is 0 Å². The summed E-state index contributed by atoms with van der Waals surface area (Å²) in [6, 6.07) is 19.3. The summed E-state index contributed by atoms with van der Waals surface area (Å²) in [6.07, 6.45) is 0. The van der Waals surface area contributed by atoms with E-state index in [2.05, 4.69) is 103 Å². The van der Waals surface area contributed by atoms with E-state index in [1.54, 1.807) is 0 Å². The van der Waals surface area contributed by atoms with E-state index in [0.717, 1.165) is 0 Å². The zero-order valence-electron chi connectivity index (χ0n) is 20.8. The van der Waals surface area contributed by atoms with E-state index < -0.39 is 38.1 Å². The lowest BCUT2D eigenvalue weighted by Gasteiger charge is -2.29. The standard InChI is InChI=1S/C26H36O3Si4/c1-8-33(27-30-24-15-9-12-18(2)21(24)5,28-31-25-16-10-13-19(3)22(25)6)29-32-26-17-11-14-20(4)23(26)7/h8-17H,1,30-32H2,2-7H3. The van der Waals surface area contributed by atoms with Gasteiger partial charge in [0.05, 0.1) is 0 Å². The predicted octanol–water partition coefficient (Wildman–Crippen LogP) is 1.78. The van der Waals surface area contributed by atoms with E-state index >= 15 is 0 Å². The minimum Gasteiger partial charge on any atom is -0.415 e. The van der Waals surface area contributed by atoms with E-state index in [-0.39, 0.29) is 0 Å². The minimum absolute atomic E-state index is 1.03. The Hall–Kier alpha value is -1.85. The Morgan fingerprint density at radius 3 is 1.15 bits per heavy atom. The summed E-state index contributed by atoms with van der Waals surface area (Å²) in [4.78, 5) is 0. The van der Waals surface area contributed by atoms with Crippen molar-refractivity contribution in [2.45, 2.75) is 41.5 Å². The van der Waals surface area contributed by atoms with Crippen molar-refractivity contribution in [1.29, 1.82) is 0 Å². The average Bonchev–Trinajstić information content (AvgIpc) is 2.81. The molecule has 0 amide bonds. The van der Waals surface area contributed by atoms with Crippen molar-refractivity contribution >= 4 is 53.7 Å². The van der Waals surface area contributed by atoms with Crippen LogP contribution < -0.4 is 15.6 Å². The lowest BCUT2D eigenvalue weighted by atomic mass is 10.1. The highest BCUT2D eigenvalue weighted by atomic mass is 28.5. The van der Waals surface area contributed by atoms with Gasteiger partial charge in [-0.25, -0.2) is 0 Å². The molecule has 0 bridgehead atoms. The van der Waals surface area contributed by atoms with E-state index in [1.807, 2.05) is 5.70 Å². The van der Waals surface area contributed by atoms with Crippen LogP contribution in [0, 0.1) is 41.5 Å². The van der Waals surface area contributed by atoms with E-state index in [9.17, 15) is 0 Å². The average molecular weight is 509 g/mol. The van der Waals surface area contributed by atoms with Gasteiger partial charge in [-0.1, -0.05) is 54.6 Å². The van der Waals surface area contributed by atoms with Crippen molar-refractivity contribution in [3.8, 4) is 0 Å². The van der Waals surface area contributed by atoms with Crippen LogP contribution in [0.3, 0.4) is 0 Å². The minimum atomic E-state index is -2.99. The Labute approximate surface area is 207 Å². The van der Waals surface area contributed by atoms with Gasteiger partial charge in [-0.15, -0.1) is 6.58 Å². The van der Waals surface area contributed by atoms with Crippen molar-refractivity contribution in [1.82, 2.24) is 0 Å². The van der Waals surface area contributed by atoms with Gasteiger partial charge in [0.15, 0.2) is 29.3 Å². The first-order valence-electron chi connectivity index (χ1n) is 11.5. The molecule has 33 heavy (non-hydrogen) atoms. The molecule has 3 nitrogen and oxygen atoms in total. The van der Waals surface area contributed by atoms with Gasteiger partial charge in [-0.2, -0.15) is 0 Å². The van der Waals surface area contributed by atoms with Gasteiger partial charge in [0.25, 0.3) is 0 Å². The highest BCUT2D eigenvalue weighted by Crippen LogP contribution is 2.13. The van der Waals surface area contributed by atoms with Gasteiger partial charge in [0, 0.05) is 0 Å². The molecule has 0 saturated heterocycles. The summed E-state index contributed by atoms with van der Waals surface area (Å²) in [6.45, 7) is 17.1. The molecule has 0 fully saturated rings. The predicted molar refractivity (Wildman–Crippen MR) is 151 cm³/mol. The van der Waals surface area contributed by atoms with Crippen molar-refractivity contribution in [2.24, 2.45) is 0 Å². The third-order valence-electron chi connectivity index (χ3n) is 6.69. The molecule has 3 aromatic rings. The maximum Gasteiger partial charge on any atom is 0.497 e. The third kappa shape index (κ3) is 6.39. The van der Waals surface area contributed by atoms with Gasteiger partial charge >= 0.3 is 8.80 Å². The largest absolute Gasteiger partial charge is 0.497 e. The molecule has 0 N–H and O–H groups in total. The van der Waals surface area contributed by atoms with Crippen LogP contribution in [-0.2, 0) is 12.3 Å². The number of benzene rings is 3. The molecule has 0 unspecified atom stereocenters. The molecule has 0 radical (unpaired) electrons. The summed E-state index contributed by atoms with van der Waals surface area (Å²) in [5.74, 6) is 0. The second-order valence-corrected chi connectivity index (χ2v) is 17.0. The molecule has 3 aromatic carbocycles. The van der Waals surface area contributed by atoms with Crippen LogP contribution in [0.4, 0.5) is 0 Å². The number of hydrogen-bond donors (Lipinski definition) is 0. The molecule has 7 heteroatoms. The first-order chi connectivity index (χ1) is 15.8. The number of aryl methyl sites for hydroxylation is 3. The fourth-order valence-corrected chi connectivity index (χ4v) is 14.9. The second-order valence-electron chi connectivity index (χ2n) is 8.75. The van der Waals surface area contributed by atoms with Gasteiger partial charge in [0.1, 0.15) is 0 Å². The Bertz CT molecular complexity index is 996. The molecular formula is C26H36O3Si4. The highest BCUT2D eigenvalue weighted by molar-refractivity contribution is 6.81. The fraction of sp³-hybridized carbons (Fsp3) is 0.231. The monoisotopic (exact) mass is 508 g/mol. The number of hydrogen-bond acceptors (Lipinski definition) is 3. The normalized spacial score (nSPS) is 14.1. The maximum absolute atomic E-state index is 6.67. The lowest BCUT2D eigenvalue weighted by molar-refractivity contribution is 0.306. The molecular weight excluding hydrogens is 473 g/mol. The van der Waals surface area contributed by atoms with Gasteiger partial charge < -0.3 is 12.3 Å². The molecule has 0 aliphatic carbocycles. The Morgan fingerprint density at radius 1 is 0.576 bits per heavy atom. The van der Waals surface area contributed by atoms with Crippen LogP contribution in [0.25, 0.3) is 0 Å². The summed E-state index contributed by atoms with van der Waals surface area (Å²) < 4.78 is 20.0. The molecule has 0 heterocycles. The maximum atomic E-state index is 6.67. The first kappa shape index (κ1) is 25.8. The zero-order valence-corrected chi connectivity index (χ0v) is 26.1. The van der Waals surface area contributed by atoms with Crippen molar-refractivity contribution < 1.29 is 12.3 Å². The quantitative estimate of drug-likeness (QED) is 0.391. The van der Waals surface area contributed by atoms with Gasteiger partial charge in [-0.3, -0.25) is 0 Å². The molecule has 174 valence electrons. The summed E-state index contributed by atoms with van der Waals surface area (Å²) >= 11 is 0. The fourth-order valence-electron chi connectivity index (χ4n) is 3.74. The van der Waals surface area contributed by atoms with Crippen LogP contribution >= 0.6 is 0 Å². The smallest absolute Gasteiger partial charge is 0.415 e. The van der Waals surface area contributed by atoms with E-state index in [0.29, 0.717) is 0 Å². The van der Waals surface area contributed by atoms with Crippen molar-refractivity contribution in [3.63, 3.8) is 0 Å². The molecule has 0 aromatic heterocycles. The molecule has 0 saturated carbocycles.